The third-order valence-electron chi connectivity index (χ3n) is 10.6. The lowest BCUT2D eigenvalue weighted by Gasteiger charge is -2.69. The summed E-state index contributed by atoms with van der Waals surface area (Å²) in [6.45, 7) is 13.3. The molecule has 0 saturated heterocycles. The summed E-state index contributed by atoms with van der Waals surface area (Å²) in [6.07, 6.45) is 16.6. The summed E-state index contributed by atoms with van der Waals surface area (Å²) in [5.41, 5.74) is 2.58. The van der Waals surface area contributed by atoms with Crippen molar-refractivity contribution >= 4 is 0 Å². The lowest BCUT2D eigenvalue weighted by Crippen LogP contribution is -2.61. The SMILES string of the molecule is CCC1CCC2C1(C)CCC1C2(C)CCC2(C)CCCCC12C. The highest BCUT2D eigenvalue weighted by Crippen LogP contribution is 2.75. The van der Waals surface area contributed by atoms with Crippen molar-refractivity contribution in [3.63, 3.8) is 0 Å². The van der Waals surface area contributed by atoms with E-state index < -0.39 is 0 Å². The van der Waals surface area contributed by atoms with Gasteiger partial charge in [-0.05, 0) is 90.8 Å². The predicted octanol–water partition coefficient (Wildman–Crippen LogP) is 7.23. The summed E-state index contributed by atoms with van der Waals surface area (Å²) in [4.78, 5) is 0. The van der Waals surface area contributed by atoms with Gasteiger partial charge in [-0.25, -0.2) is 0 Å². The molecule has 7 atom stereocenters. The molecule has 0 aromatic heterocycles. The molecular formula is C23H40. The van der Waals surface area contributed by atoms with E-state index in [0.717, 1.165) is 17.8 Å². The minimum atomic E-state index is 0.629. The molecule has 4 aliphatic carbocycles. The maximum atomic E-state index is 2.75. The lowest BCUT2D eigenvalue weighted by molar-refractivity contribution is -0.196. The van der Waals surface area contributed by atoms with E-state index in [4.69, 9.17) is 0 Å². The van der Waals surface area contributed by atoms with Crippen molar-refractivity contribution in [2.45, 2.75) is 105 Å². The van der Waals surface area contributed by atoms with Gasteiger partial charge in [0.25, 0.3) is 0 Å². The first-order valence-corrected chi connectivity index (χ1v) is 10.8. The fraction of sp³-hybridized carbons (Fsp3) is 1.00. The summed E-state index contributed by atoms with van der Waals surface area (Å²) in [5, 5.41) is 0. The third kappa shape index (κ3) is 1.90. The number of fused-ring (bicyclic) bond motifs is 5. The van der Waals surface area contributed by atoms with Crippen LogP contribution in [0.15, 0.2) is 0 Å². The second-order valence-electron chi connectivity index (χ2n) is 11.0. The fourth-order valence-electron chi connectivity index (χ4n) is 9.01. The van der Waals surface area contributed by atoms with Gasteiger partial charge in [0, 0.05) is 0 Å². The van der Waals surface area contributed by atoms with Crippen molar-refractivity contribution in [3.05, 3.63) is 0 Å². The summed E-state index contributed by atoms with van der Waals surface area (Å²) < 4.78 is 0. The van der Waals surface area contributed by atoms with Crippen LogP contribution in [0.1, 0.15) is 105 Å². The highest BCUT2D eigenvalue weighted by Gasteiger charge is 2.66. The van der Waals surface area contributed by atoms with Gasteiger partial charge >= 0.3 is 0 Å². The quantitative estimate of drug-likeness (QED) is 0.479. The minimum Gasteiger partial charge on any atom is -0.0651 e. The Balaban J connectivity index is 1.73. The van der Waals surface area contributed by atoms with Crippen molar-refractivity contribution in [1.82, 2.24) is 0 Å². The van der Waals surface area contributed by atoms with E-state index in [1.54, 1.807) is 0 Å². The van der Waals surface area contributed by atoms with Gasteiger partial charge in [-0.15, -0.1) is 0 Å². The van der Waals surface area contributed by atoms with Crippen LogP contribution in [0.25, 0.3) is 0 Å². The standard InChI is InChI=1S/C23H40/c1-6-17-9-10-18-21(17,3)14-11-19-22(18,4)16-15-20(2)12-7-8-13-23(19,20)5/h17-19H,6-16H2,1-5H3. The van der Waals surface area contributed by atoms with Gasteiger partial charge in [-0.2, -0.15) is 0 Å². The van der Waals surface area contributed by atoms with Crippen molar-refractivity contribution < 1.29 is 0 Å². The van der Waals surface area contributed by atoms with E-state index in [-0.39, 0.29) is 0 Å². The third-order valence-corrected chi connectivity index (χ3v) is 10.6. The maximum Gasteiger partial charge on any atom is -0.0238 e. The topological polar surface area (TPSA) is 0 Å². The van der Waals surface area contributed by atoms with Gasteiger partial charge in [0.2, 0.25) is 0 Å². The zero-order chi connectivity index (χ0) is 16.5. The largest absolute Gasteiger partial charge is 0.0651 e. The van der Waals surface area contributed by atoms with Gasteiger partial charge in [-0.3, -0.25) is 0 Å². The summed E-state index contributed by atoms with van der Waals surface area (Å²) in [7, 11) is 0. The molecule has 7 unspecified atom stereocenters. The zero-order valence-electron chi connectivity index (χ0n) is 16.5. The van der Waals surface area contributed by atoms with Crippen LogP contribution in [0.3, 0.4) is 0 Å². The zero-order valence-corrected chi connectivity index (χ0v) is 16.5. The van der Waals surface area contributed by atoms with Gasteiger partial charge < -0.3 is 0 Å². The average molecular weight is 317 g/mol. The Hall–Kier alpha value is 0. The molecule has 0 aromatic rings. The summed E-state index contributed by atoms with van der Waals surface area (Å²) >= 11 is 0. The van der Waals surface area contributed by atoms with Crippen molar-refractivity contribution in [2.75, 3.05) is 0 Å². The smallest absolute Gasteiger partial charge is 0.0238 e. The number of hydrogen-bond donors (Lipinski definition) is 0. The molecule has 0 N–H and O–H groups in total. The van der Waals surface area contributed by atoms with Crippen molar-refractivity contribution in [3.8, 4) is 0 Å². The Kier molecular flexibility index (Phi) is 3.59. The highest BCUT2D eigenvalue weighted by molar-refractivity contribution is 5.15. The van der Waals surface area contributed by atoms with E-state index >= 15 is 0 Å². The van der Waals surface area contributed by atoms with Crippen LogP contribution >= 0.6 is 0 Å². The predicted molar refractivity (Wildman–Crippen MR) is 99.4 cm³/mol. The first kappa shape index (κ1) is 16.5. The minimum absolute atomic E-state index is 0.629. The second kappa shape index (κ2) is 5.01. The van der Waals surface area contributed by atoms with E-state index in [0.29, 0.717) is 21.7 Å². The molecule has 0 aliphatic heterocycles. The summed E-state index contributed by atoms with van der Waals surface area (Å²) in [5.74, 6) is 3.03. The molecule has 0 amide bonds. The van der Waals surface area contributed by atoms with Crippen molar-refractivity contribution in [1.29, 1.82) is 0 Å². The average Bonchev–Trinajstić information content (AvgIpc) is 2.86. The van der Waals surface area contributed by atoms with Crippen LogP contribution in [-0.2, 0) is 0 Å². The molecule has 0 radical (unpaired) electrons. The molecule has 0 spiro atoms. The molecular weight excluding hydrogens is 276 g/mol. The molecule has 4 saturated carbocycles. The Labute approximate surface area is 145 Å². The molecule has 4 rings (SSSR count). The van der Waals surface area contributed by atoms with Crippen LogP contribution in [0.5, 0.6) is 0 Å². The fourth-order valence-corrected chi connectivity index (χ4v) is 9.01. The molecule has 0 nitrogen and oxygen atoms in total. The number of rotatable bonds is 1. The molecule has 0 heteroatoms. The molecule has 0 heterocycles. The second-order valence-corrected chi connectivity index (χ2v) is 11.0. The van der Waals surface area contributed by atoms with Gasteiger partial charge in [0.05, 0.1) is 0 Å². The Morgan fingerprint density at radius 2 is 1.43 bits per heavy atom. The van der Waals surface area contributed by atoms with Crippen LogP contribution in [-0.4, -0.2) is 0 Å². The Morgan fingerprint density at radius 1 is 0.696 bits per heavy atom. The Morgan fingerprint density at radius 3 is 2.17 bits per heavy atom. The molecule has 4 aliphatic rings. The normalized spacial score (nSPS) is 59.1. The van der Waals surface area contributed by atoms with Crippen LogP contribution in [0.4, 0.5) is 0 Å². The van der Waals surface area contributed by atoms with Crippen molar-refractivity contribution in [2.24, 2.45) is 39.4 Å². The Bertz CT molecular complexity index is 480. The molecule has 132 valence electrons. The first-order valence-electron chi connectivity index (χ1n) is 10.8. The monoisotopic (exact) mass is 316 g/mol. The molecule has 0 bridgehead atoms. The van der Waals surface area contributed by atoms with Gasteiger partial charge in [0.15, 0.2) is 0 Å². The van der Waals surface area contributed by atoms with Crippen LogP contribution < -0.4 is 0 Å². The maximum absolute atomic E-state index is 2.75. The number of hydrogen-bond acceptors (Lipinski definition) is 0. The molecule has 0 aromatic carbocycles. The molecule has 4 fully saturated rings. The lowest BCUT2D eigenvalue weighted by atomic mass is 9.36. The van der Waals surface area contributed by atoms with E-state index in [2.05, 4.69) is 34.6 Å². The summed E-state index contributed by atoms with van der Waals surface area (Å²) in [6, 6.07) is 0. The van der Waals surface area contributed by atoms with Crippen LogP contribution in [0.2, 0.25) is 0 Å². The van der Waals surface area contributed by atoms with Crippen LogP contribution in [0, 0.1) is 39.4 Å². The van der Waals surface area contributed by atoms with E-state index in [1.165, 1.54) is 70.6 Å². The van der Waals surface area contributed by atoms with Gasteiger partial charge in [-0.1, -0.05) is 53.9 Å². The van der Waals surface area contributed by atoms with E-state index in [1.807, 2.05) is 0 Å². The highest BCUT2D eigenvalue weighted by atomic mass is 14.7. The molecule has 23 heavy (non-hydrogen) atoms. The van der Waals surface area contributed by atoms with Gasteiger partial charge in [0.1, 0.15) is 0 Å². The first-order chi connectivity index (χ1) is 10.8. The van der Waals surface area contributed by atoms with E-state index in [9.17, 15) is 0 Å².